The Labute approximate surface area is 113 Å². The molecule has 0 heterocycles. The molecule has 0 amide bonds. The summed E-state index contributed by atoms with van der Waals surface area (Å²) in [6.45, 7) is 1.46. The summed E-state index contributed by atoms with van der Waals surface area (Å²) in [5.41, 5.74) is 3.63. The first-order valence-corrected chi connectivity index (χ1v) is 5.82. The Balaban J connectivity index is 3.44. The van der Waals surface area contributed by atoms with Crippen molar-refractivity contribution in [3.63, 3.8) is 0 Å². The number of nitrogens with zero attached hydrogens (tertiary/aromatic N) is 1. The third kappa shape index (κ3) is 3.48. The van der Waals surface area contributed by atoms with Crippen molar-refractivity contribution in [2.75, 3.05) is 6.61 Å². The van der Waals surface area contributed by atoms with Crippen LogP contribution in [0.15, 0.2) is 12.1 Å². The minimum atomic E-state index is -4.74. The van der Waals surface area contributed by atoms with Crippen molar-refractivity contribution in [1.29, 1.82) is 5.26 Å². The number of esters is 1. The Morgan fingerprint density at radius 1 is 1.45 bits per heavy atom. The van der Waals surface area contributed by atoms with Gasteiger partial charge in [0.1, 0.15) is 0 Å². The fraction of sp³-hybridized carbons (Fsp3) is 0.385. The van der Waals surface area contributed by atoms with E-state index in [-0.39, 0.29) is 24.3 Å². The van der Waals surface area contributed by atoms with E-state index in [1.165, 1.54) is 12.1 Å². The Bertz CT molecular complexity index is 548. The molecule has 0 aliphatic carbocycles. The number of nitrogens with two attached hydrogens (primary N) is 1. The van der Waals surface area contributed by atoms with E-state index in [2.05, 4.69) is 4.74 Å². The molecule has 0 spiro atoms. The highest BCUT2D eigenvalue weighted by atomic mass is 19.4. The van der Waals surface area contributed by atoms with Crippen LogP contribution in [-0.4, -0.2) is 12.6 Å². The number of alkyl halides is 3. The highest BCUT2D eigenvalue weighted by Gasteiger charge is 2.37. The van der Waals surface area contributed by atoms with E-state index < -0.39 is 29.7 Å². The summed E-state index contributed by atoms with van der Waals surface area (Å²) < 4.78 is 44.0. The van der Waals surface area contributed by atoms with Gasteiger partial charge in [-0.1, -0.05) is 6.07 Å². The normalized spacial score (nSPS) is 11.0. The van der Waals surface area contributed by atoms with E-state index in [0.717, 1.165) is 6.07 Å². The van der Waals surface area contributed by atoms with Gasteiger partial charge in [0, 0.05) is 6.54 Å². The fourth-order valence-corrected chi connectivity index (χ4v) is 1.86. The van der Waals surface area contributed by atoms with Gasteiger partial charge in [-0.3, -0.25) is 4.79 Å². The van der Waals surface area contributed by atoms with Crippen molar-refractivity contribution in [2.24, 2.45) is 5.73 Å². The molecule has 4 nitrogen and oxygen atoms in total. The van der Waals surface area contributed by atoms with E-state index in [4.69, 9.17) is 11.0 Å². The molecule has 0 saturated carbocycles. The van der Waals surface area contributed by atoms with Gasteiger partial charge in [-0.05, 0) is 24.1 Å². The zero-order valence-electron chi connectivity index (χ0n) is 10.8. The molecule has 0 unspecified atom stereocenters. The second-order valence-corrected chi connectivity index (χ2v) is 3.92. The molecule has 0 atom stereocenters. The first-order chi connectivity index (χ1) is 9.35. The van der Waals surface area contributed by atoms with Crippen LogP contribution in [0.5, 0.6) is 0 Å². The fourth-order valence-electron chi connectivity index (χ4n) is 1.86. The first-order valence-electron chi connectivity index (χ1n) is 5.82. The molecule has 0 aliphatic rings. The summed E-state index contributed by atoms with van der Waals surface area (Å²) in [6.07, 6.45) is -5.30. The third-order valence-electron chi connectivity index (χ3n) is 2.66. The van der Waals surface area contributed by atoms with E-state index in [9.17, 15) is 18.0 Å². The summed E-state index contributed by atoms with van der Waals surface area (Å²) in [5, 5.41) is 8.81. The lowest BCUT2D eigenvalue weighted by Crippen LogP contribution is -2.19. The van der Waals surface area contributed by atoms with Gasteiger partial charge in [-0.25, -0.2) is 0 Å². The number of hydrogen-bond acceptors (Lipinski definition) is 4. The Morgan fingerprint density at radius 2 is 2.10 bits per heavy atom. The number of carbonyl (C=O) groups excluding carboxylic acids is 1. The van der Waals surface area contributed by atoms with Crippen molar-refractivity contribution in [2.45, 2.75) is 26.1 Å². The van der Waals surface area contributed by atoms with Crippen LogP contribution in [0.2, 0.25) is 0 Å². The predicted molar refractivity (Wildman–Crippen MR) is 64.4 cm³/mol. The third-order valence-corrected chi connectivity index (χ3v) is 2.66. The van der Waals surface area contributed by atoms with Crippen molar-refractivity contribution >= 4 is 5.97 Å². The molecule has 0 saturated heterocycles. The van der Waals surface area contributed by atoms with Crippen LogP contribution in [0.4, 0.5) is 13.2 Å². The lowest BCUT2D eigenvalue weighted by atomic mass is 9.93. The quantitative estimate of drug-likeness (QED) is 0.860. The number of nitriles is 1. The van der Waals surface area contributed by atoms with Gasteiger partial charge < -0.3 is 10.5 Å². The Kier molecular flexibility index (Phi) is 5.11. The van der Waals surface area contributed by atoms with Crippen LogP contribution in [0.3, 0.4) is 0 Å². The molecular weight excluding hydrogens is 273 g/mol. The van der Waals surface area contributed by atoms with Crippen LogP contribution in [0.1, 0.15) is 29.2 Å². The Morgan fingerprint density at radius 3 is 2.55 bits per heavy atom. The largest absolute Gasteiger partial charge is 0.466 e. The van der Waals surface area contributed by atoms with Crippen molar-refractivity contribution in [3.05, 3.63) is 34.4 Å². The molecule has 0 radical (unpaired) electrons. The molecule has 0 aromatic heterocycles. The molecule has 0 bridgehead atoms. The number of rotatable bonds is 4. The first kappa shape index (κ1) is 16.0. The average molecular weight is 286 g/mol. The van der Waals surface area contributed by atoms with Crippen LogP contribution < -0.4 is 5.73 Å². The van der Waals surface area contributed by atoms with Gasteiger partial charge in [-0.15, -0.1) is 0 Å². The second-order valence-electron chi connectivity index (χ2n) is 3.92. The summed E-state index contributed by atoms with van der Waals surface area (Å²) in [5.74, 6) is -0.789. The Hall–Kier alpha value is -2.07. The van der Waals surface area contributed by atoms with E-state index in [1.54, 1.807) is 6.92 Å². The van der Waals surface area contributed by atoms with Gasteiger partial charge in [0.2, 0.25) is 0 Å². The highest BCUT2D eigenvalue weighted by Crippen LogP contribution is 2.36. The van der Waals surface area contributed by atoms with E-state index in [1.807, 2.05) is 0 Å². The van der Waals surface area contributed by atoms with E-state index >= 15 is 0 Å². The van der Waals surface area contributed by atoms with Gasteiger partial charge >= 0.3 is 12.1 Å². The number of carbonyl (C=O) groups is 1. The number of ether oxygens (including phenoxy) is 1. The lowest BCUT2D eigenvalue weighted by molar-refractivity contribution is -0.143. The molecule has 1 rings (SSSR count). The van der Waals surface area contributed by atoms with Crippen LogP contribution in [-0.2, 0) is 28.7 Å². The van der Waals surface area contributed by atoms with Crippen molar-refractivity contribution in [1.82, 2.24) is 0 Å². The maximum atomic E-state index is 13.1. The minimum absolute atomic E-state index is 0.0656. The molecular formula is C13H13F3N2O2. The van der Waals surface area contributed by atoms with Crippen molar-refractivity contribution < 1.29 is 22.7 Å². The highest BCUT2D eigenvalue weighted by molar-refractivity contribution is 5.74. The molecule has 2 N–H and O–H groups in total. The molecule has 108 valence electrons. The average Bonchev–Trinajstić information content (AvgIpc) is 2.36. The SMILES string of the molecule is CCOC(=O)Cc1c(CN)ccc(C#N)c1C(F)(F)F. The predicted octanol–water partition coefficient (Wildman–Crippen LogP) is 2.14. The molecule has 1 aromatic rings. The summed E-state index contributed by atoms with van der Waals surface area (Å²) >= 11 is 0. The van der Waals surface area contributed by atoms with Gasteiger partial charge in [-0.2, -0.15) is 18.4 Å². The molecule has 20 heavy (non-hydrogen) atoms. The number of benzene rings is 1. The maximum Gasteiger partial charge on any atom is 0.417 e. The summed E-state index contributed by atoms with van der Waals surface area (Å²) in [4.78, 5) is 11.4. The zero-order valence-corrected chi connectivity index (χ0v) is 10.8. The second kappa shape index (κ2) is 6.39. The molecule has 0 aliphatic heterocycles. The monoisotopic (exact) mass is 286 g/mol. The maximum absolute atomic E-state index is 13.1. The topological polar surface area (TPSA) is 76.1 Å². The van der Waals surface area contributed by atoms with Crippen LogP contribution >= 0.6 is 0 Å². The number of halogens is 3. The summed E-state index contributed by atoms with van der Waals surface area (Å²) in [7, 11) is 0. The lowest BCUT2D eigenvalue weighted by Gasteiger charge is -2.17. The van der Waals surface area contributed by atoms with Gasteiger partial charge in [0.15, 0.2) is 0 Å². The van der Waals surface area contributed by atoms with E-state index in [0.29, 0.717) is 0 Å². The smallest absolute Gasteiger partial charge is 0.417 e. The van der Waals surface area contributed by atoms with Gasteiger partial charge in [0.05, 0.1) is 30.2 Å². The molecule has 7 heteroatoms. The minimum Gasteiger partial charge on any atom is -0.466 e. The molecule has 1 aromatic carbocycles. The summed E-state index contributed by atoms with van der Waals surface area (Å²) in [6, 6.07) is 3.86. The number of hydrogen-bond donors (Lipinski definition) is 1. The standard InChI is InChI=1S/C13H13F3N2O2/c1-2-20-11(19)5-10-8(6-17)3-4-9(7-18)12(10)13(14,15)16/h3-4H,2,5-6,17H2,1H3. The molecule has 0 fully saturated rings. The van der Waals surface area contributed by atoms with Gasteiger partial charge in [0.25, 0.3) is 0 Å². The van der Waals surface area contributed by atoms with Crippen LogP contribution in [0.25, 0.3) is 0 Å². The van der Waals surface area contributed by atoms with Crippen molar-refractivity contribution in [3.8, 4) is 6.07 Å². The zero-order chi connectivity index (χ0) is 15.3. The van der Waals surface area contributed by atoms with Crippen LogP contribution in [0, 0.1) is 11.3 Å².